The highest BCUT2D eigenvalue weighted by atomic mass is 32.2. The summed E-state index contributed by atoms with van der Waals surface area (Å²) in [6.07, 6.45) is 8.89. The number of H-pyrrole nitrogens is 2. The summed E-state index contributed by atoms with van der Waals surface area (Å²) in [5, 5.41) is 60.2. The number of pyridine rings is 2. The first kappa shape index (κ1) is 109. The van der Waals surface area contributed by atoms with Gasteiger partial charge in [0.15, 0.2) is 11.9 Å². The van der Waals surface area contributed by atoms with Gasteiger partial charge in [0.05, 0.1) is 47.1 Å². The molecular weight excluding hydrogens is 1850 g/mol. The molecule has 8 aromatic rings. The lowest BCUT2D eigenvalue weighted by Gasteiger charge is -2.31. The van der Waals surface area contributed by atoms with E-state index in [4.69, 9.17) is 9.47 Å². The van der Waals surface area contributed by atoms with Gasteiger partial charge in [-0.1, -0.05) is 26.0 Å². The number of hydrogen-bond acceptors (Lipinski definition) is 28. The van der Waals surface area contributed by atoms with Gasteiger partial charge in [-0.3, -0.25) is 76.9 Å². The molecule has 0 radical (unpaired) electrons. The second kappa shape index (κ2) is 52.1. The van der Waals surface area contributed by atoms with Crippen molar-refractivity contribution < 1.29 is 99.2 Å². The number of nitrogens with one attached hydrogen (secondary N) is 15. The minimum Gasteiger partial charge on any atom is -0.494 e. The number of aromatic amines is 2. The first-order chi connectivity index (χ1) is 66.1. The number of aliphatic carboxylic acids is 3. The largest absolute Gasteiger partial charge is 0.494 e. The van der Waals surface area contributed by atoms with Crippen molar-refractivity contribution in [2.75, 3.05) is 143 Å². The Labute approximate surface area is 802 Å². The number of aromatic nitrogens is 6. The molecule has 139 heavy (non-hydrogen) atoms. The first-order valence-corrected chi connectivity index (χ1v) is 48.3. The zero-order valence-corrected chi connectivity index (χ0v) is 81.0. The minimum absolute atomic E-state index is 0.00252. The van der Waals surface area contributed by atoms with Crippen molar-refractivity contribution in [3.05, 3.63) is 163 Å². The number of hydrogen-bond donors (Lipinski definition) is 18. The van der Waals surface area contributed by atoms with Crippen molar-refractivity contribution >= 4 is 125 Å². The summed E-state index contributed by atoms with van der Waals surface area (Å²) in [6.45, 7) is 11.7. The molecule has 4 unspecified atom stereocenters. The Morgan fingerprint density at radius 2 is 0.842 bits per heavy atom. The van der Waals surface area contributed by atoms with Crippen molar-refractivity contribution in [2.45, 2.75) is 146 Å². The summed E-state index contributed by atoms with van der Waals surface area (Å²) in [7, 11) is -1.98. The van der Waals surface area contributed by atoms with E-state index in [9.17, 15) is 99.3 Å². The quantitative estimate of drug-likeness (QED) is 0.0218. The summed E-state index contributed by atoms with van der Waals surface area (Å²) in [5.74, 6) is -8.69. The van der Waals surface area contributed by atoms with E-state index in [2.05, 4.69) is 97.7 Å². The maximum absolute atomic E-state index is 14.4. The number of carboxylic acids is 3. The minimum atomic E-state index is -4.57. The Morgan fingerprint density at radius 1 is 0.453 bits per heavy atom. The summed E-state index contributed by atoms with van der Waals surface area (Å²) < 4.78 is 74.6. The first-order valence-electron chi connectivity index (χ1n) is 45.4. The normalized spacial score (nSPS) is 14.3. The Morgan fingerprint density at radius 3 is 1.24 bits per heavy atom. The van der Waals surface area contributed by atoms with Crippen LogP contribution < -0.4 is 88.3 Å². The molecular formula is C91H125N23O23S2. The number of rotatable bonds is 51. The lowest BCUT2D eigenvalue weighted by Crippen LogP contribution is -2.55. The predicted molar refractivity (Wildman–Crippen MR) is 513 cm³/mol. The monoisotopic (exact) mass is 1970 g/mol. The van der Waals surface area contributed by atoms with Crippen LogP contribution in [0.15, 0.2) is 117 Å². The number of imidazole rings is 2. The van der Waals surface area contributed by atoms with Crippen LogP contribution in [0.5, 0.6) is 11.5 Å². The number of sulfonamides is 2. The summed E-state index contributed by atoms with van der Waals surface area (Å²) in [5.41, 5.74) is 1.55. The van der Waals surface area contributed by atoms with Gasteiger partial charge < -0.3 is 112 Å². The van der Waals surface area contributed by atoms with Crippen molar-refractivity contribution in [3.8, 4) is 11.5 Å². The molecule has 0 aliphatic carbocycles. The Balaban J connectivity index is 0.704. The number of fused-ring (bicyclic) bond motifs is 2. The van der Waals surface area contributed by atoms with E-state index in [-0.39, 0.29) is 169 Å². The number of ether oxygens (including phenoxy) is 2. The Hall–Kier alpha value is -13.8. The van der Waals surface area contributed by atoms with Crippen LogP contribution >= 0.6 is 0 Å². The van der Waals surface area contributed by atoms with Crippen LogP contribution in [0.3, 0.4) is 0 Å². The fourth-order valence-electron chi connectivity index (χ4n) is 15.4. The van der Waals surface area contributed by atoms with Gasteiger partial charge in [-0.25, -0.2) is 26.8 Å². The molecule has 18 N–H and O–H groups in total. The summed E-state index contributed by atoms with van der Waals surface area (Å²) >= 11 is 0. The lowest BCUT2D eigenvalue weighted by molar-refractivity contribution is -0.139. The number of carbonyl (C=O) groups is 12. The molecule has 4 aromatic heterocycles. The SMILES string of the molecule is CCC(NC(=O)CC[C@H](NC(=O)CN1CCN(C)CCN(C)CCN(CC(=O)O)CC1)C(=O)NC(CC)C(=O)NCCNC(=O)CCCOc1cc(C)c(S(=O)(=O)NC(CNC(=O)c2cn(C)c3cc(CNc4ncc[nH]4)ccc3c2=O)C(=O)O)c(C)c1)C(=O)NCCNC(=O)CCCOc1cc(C)c(S(=O)(=O)NC(CNC(=O)c2cn(C)c3cc(CNc4ncc[nH]4)ccc3c2=O)C(=O)O)c(C)c1. The predicted octanol–water partition coefficient (Wildman–Crippen LogP) is -0.279. The molecule has 0 spiro atoms. The number of carbonyl (C=O) groups excluding carboxylic acids is 9. The molecule has 1 aliphatic heterocycles. The van der Waals surface area contributed by atoms with E-state index in [1.54, 1.807) is 103 Å². The van der Waals surface area contributed by atoms with Crippen LogP contribution in [0.4, 0.5) is 11.9 Å². The molecule has 1 aliphatic rings. The van der Waals surface area contributed by atoms with E-state index in [1.165, 1.54) is 64.4 Å². The van der Waals surface area contributed by atoms with E-state index in [1.807, 2.05) is 19.0 Å². The second-order valence-corrected chi connectivity index (χ2v) is 37.2. The van der Waals surface area contributed by atoms with Gasteiger partial charge in [-0.05, 0) is 156 Å². The van der Waals surface area contributed by atoms with Gasteiger partial charge >= 0.3 is 17.9 Å². The zero-order chi connectivity index (χ0) is 101. The molecule has 9 rings (SSSR count). The third-order valence-electron chi connectivity index (χ3n) is 22.9. The molecule has 0 saturated carbocycles. The van der Waals surface area contributed by atoms with Gasteiger partial charge in [0.2, 0.25) is 72.3 Å². The number of amides is 9. The van der Waals surface area contributed by atoms with Crippen molar-refractivity contribution in [2.24, 2.45) is 14.1 Å². The van der Waals surface area contributed by atoms with Gasteiger partial charge in [0.25, 0.3) is 11.8 Å². The number of likely N-dealkylation sites (N-methyl/N-ethyl adjacent to an activating group) is 2. The average Bonchev–Trinajstić information content (AvgIpc) is 1.53. The summed E-state index contributed by atoms with van der Waals surface area (Å²) in [6, 6.07) is 8.38. The third kappa shape index (κ3) is 33.0. The molecule has 48 heteroatoms. The van der Waals surface area contributed by atoms with Crippen LogP contribution in [-0.4, -0.2) is 314 Å². The van der Waals surface area contributed by atoms with Crippen LogP contribution in [-0.2, 0) is 95.2 Å². The number of benzene rings is 4. The molecule has 5 atom stereocenters. The zero-order valence-electron chi connectivity index (χ0n) is 79.3. The fourth-order valence-corrected chi connectivity index (χ4v) is 18.7. The maximum atomic E-state index is 14.4. The molecule has 9 amide bonds. The van der Waals surface area contributed by atoms with Gasteiger partial charge in [-0.2, -0.15) is 9.44 Å². The van der Waals surface area contributed by atoms with Crippen LogP contribution in [0, 0.1) is 27.7 Å². The summed E-state index contributed by atoms with van der Waals surface area (Å²) in [4.78, 5) is 208. The van der Waals surface area contributed by atoms with Crippen LogP contribution in [0.1, 0.15) is 119 Å². The molecule has 1 fully saturated rings. The molecule has 46 nitrogen and oxygen atoms in total. The number of carboxylic acid groups (broad SMARTS) is 3. The lowest BCUT2D eigenvalue weighted by atomic mass is 10.1. The molecule has 0 bridgehead atoms. The second-order valence-electron chi connectivity index (χ2n) is 33.9. The van der Waals surface area contributed by atoms with Gasteiger partial charge in [0, 0.05) is 186 Å². The third-order valence-corrected chi connectivity index (χ3v) is 26.5. The van der Waals surface area contributed by atoms with Crippen molar-refractivity contribution in [3.63, 3.8) is 0 Å². The molecule has 754 valence electrons. The maximum Gasteiger partial charge on any atom is 0.323 e. The van der Waals surface area contributed by atoms with Crippen molar-refractivity contribution in [1.82, 2.24) is 106 Å². The van der Waals surface area contributed by atoms with Crippen LogP contribution in [0.2, 0.25) is 0 Å². The average molecular weight is 1970 g/mol. The smallest absolute Gasteiger partial charge is 0.323 e. The molecule has 4 aromatic carbocycles. The number of anilines is 2. The van der Waals surface area contributed by atoms with Crippen molar-refractivity contribution in [1.29, 1.82) is 0 Å². The van der Waals surface area contributed by atoms with E-state index in [0.717, 1.165) is 11.1 Å². The van der Waals surface area contributed by atoms with E-state index >= 15 is 0 Å². The Bertz CT molecular complexity index is 6030. The highest BCUT2D eigenvalue weighted by Crippen LogP contribution is 2.29. The van der Waals surface area contributed by atoms with Gasteiger partial charge in [-0.15, -0.1) is 0 Å². The fraction of sp³-hybridized carbons (Fsp3) is 0.473. The Kier molecular flexibility index (Phi) is 40.8. The van der Waals surface area contributed by atoms with E-state index in [0.29, 0.717) is 81.8 Å². The highest BCUT2D eigenvalue weighted by molar-refractivity contribution is 7.90. The number of aryl methyl sites for hydroxylation is 6. The van der Waals surface area contributed by atoms with Gasteiger partial charge in [0.1, 0.15) is 52.8 Å². The topological polar surface area (TPSA) is 623 Å². The molecule has 5 heterocycles. The highest BCUT2D eigenvalue weighted by Gasteiger charge is 2.34. The molecule has 1 saturated heterocycles. The van der Waals surface area contributed by atoms with E-state index < -0.39 is 152 Å². The number of nitrogens with zero attached hydrogens (tertiary/aromatic N) is 8. The standard InChI is InChI=1S/C91H125N23O23S2/c1-11-67(85(125)94-25-23-92-74(115)15-13-39-136-61-41-55(3)81(56(4)42-61)138(132,133)107-70(88(128)129)49-100-83(123)65-51-111(9)72-45-59(17-19-63(72)79(65)121)47-102-90-96-27-28-97-90)104-76(117)22-21-69(105-77(118)53-113-35-33-109(7)31-32-110(8)34-36-114(38-37-113)54-78(119)120)87(127)106-68(12-2)86(126)95-26-24-93-75(116)16-14-40-137-62-43-57(5)82(58(6)44-62)139(134,135)108-71(89(130)131)50-101-84(124)66-52-112(10)73-46-60(18-20-64(73)80(66)122)48-103-91-98-29-30-99-91/h17-20,27-30,41-46,51-52,67-71,107-108H,11-16,21-26,31-40,47-50,53-54H2,1-10H3,(H,92,115)(H,93,116)(H,94,125)(H,95,126)(H,100,123)(H,101,124)(H,104,117)(H,105,118)(H,106,127)(H,119,120)(H,128,129)(H,130,131)(H2,96,97,102)(H2,98,99,103)/t67?,68?,69-,70?,71?/m0/s1. The van der Waals surface area contributed by atoms with Crippen LogP contribution in [0.25, 0.3) is 21.8 Å².